The van der Waals surface area contributed by atoms with Crippen molar-refractivity contribution in [3.05, 3.63) is 0 Å². The summed E-state index contributed by atoms with van der Waals surface area (Å²) in [5.74, 6) is -1.000. The van der Waals surface area contributed by atoms with Crippen molar-refractivity contribution in [2.75, 3.05) is 10.6 Å². The minimum atomic E-state index is -4.59. The molecule has 0 saturated heterocycles. The molecule has 0 fully saturated rings. The zero-order valence-electron chi connectivity index (χ0n) is 13.4. The van der Waals surface area contributed by atoms with E-state index in [0.29, 0.717) is 22.7 Å². The van der Waals surface area contributed by atoms with E-state index in [4.69, 9.17) is 0 Å². The molecule has 27 heavy (non-hydrogen) atoms. The molecule has 0 atom stereocenters. The van der Waals surface area contributed by atoms with Crippen LogP contribution in [0.2, 0.25) is 0 Å². The number of anilines is 2. The molecule has 2 aromatic heterocycles. The van der Waals surface area contributed by atoms with E-state index in [2.05, 4.69) is 31.0 Å². The lowest BCUT2D eigenvalue weighted by Gasteiger charge is -2.01. The number of carbonyl (C=O) groups is 2. The number of hydrogen-bond donors (Lipinski definition) is 3. The van der Waals surface area contributed by atoms with Crippen LogP contribution in [0.3, 0.4) is 0 Å². The maximum Gasteiger partial charge on any atom is 0.283 e. The normalized spacial score (nSPS) is 11.0. The number of rotatable bonds is 6. The number of hydrogen-bond acceptors (Lipinski definition) is 12. The highest BCUT2D eigenvalue weighted by Crippen LogP contribution is 2.23. The third kappa shape index (κ3) is 6.50. The highest BCUT2D eigenvalue weighted by Gasteiger charge is 2.31. The number of nitrogens with zero attached hydrogens (tertiary/aromatic N) is 4. The number of aromatic nitrogens is 4. The molecule has 2 amide bonds. The van der Waals surface area contributed by atoms with Crippen molar-refractivity contribution in [3.8, 4) is 0 Å². The fourth-order valence-corrected chi connectivity index (χ4v) is 6.29. The molecule has 0 aliphatic carbocycles. The van der Waals surface area contributed by atoms with Gasteiger partial charge in [0.05, 0.1) is 0 Å². The standard InChI is InChI=1S/C8H9N7O6S4.2H2O/c1-3(16)9-5-11-13-7(22-5)24(18,19)15-25(20,21)8-14-12-6(23-8)10-4(2)17;;/h15H,1-2H3,(H,9,11,16)(H,10,12,17);2*1H2. The van der Waals surface area contributed by atoms with Gasteiger partial charge in [-0.15, -0.1) is 20.4 Å². The average molecular weight is 464 g/mol. The van der Waals surface area contributed by atoms with Crippen molar-refractivity contribution in [1.29, 1.82) is 0 Å². The molecule has 7 N–H and O–H groups in total. The predicted molar refractivity (Wildman–Crippen MR) is 93.2 cm³/mol. The molecule has 0 spiro atoms. The van der Waals surface area contributed by atoms with Gasteiger partial charge in [-0.25, -0.2) is 16.8 Å². The van der Waals surface area contributed by atoms with Crippen LogP contribution in [-0.4, -0.2) is 60.0 Å². The molecule has 0 radical (unpaired) electrons. The molecule has 0 aliphatic heterocycles. The van der Waals surface area contributed by atoms with E-state index in [-0.39, 0.29) is 21.2 Å². The molecular weight excluding hydrogens is 450 g/mol. The van der Waals surface area contributed by atoms with Gasteiger partial charge in [0.2, 0.25) is 30.8 Å². The average Bonchev–Trinajstić information content (AvgIpc) is 3.06. The van der Waals surface area contributed by atoms with Crippen LogP contribution in [0, 0.1) is 0 Å². The second kappa shape index (κ2) is 9.16. The molecule has 2 rings (SSSR count). The summed E-state index contributed by atoms with van der Waals surface area (Å²) in [4.78, 5) is 21.8. The lowest BCUT2D eigenvalue weighted by molar-refractivity contribution is -0.115. The molecule has 15 nitrogen and oxygen atoms in total. The molecule has 0 bridgehead atoms. The van der Waals surface area contributed by atoms with Gasteiger partial charge in [-0.1, -0.05) is 26.8 Å². The monoisotopic (exact) mass is 463 g/mol. The van der Waals surface area contributed by atoms with Gasteiger partial charge in [0.1, 0.15) is 0 Å². The highest BCUT2D eigenvalue weighted by molar-refractivity contribution is 8.06. The molecule has 0 aromatic carbocycles. The Labute approximate surface area is 160 Å². The lowest BCUT2D eigenvalue weighted by atomic mass is 10.7. The van der Waals surface area contributed by atoms with Crippen molar-refractivity contribution in [3.63, 3.8) is 0 Å². The Morgan fingerprint density at radius 1 is 0.741 bits per heavy atom. The molecular formula is C8H13N7O8S4. The van der Waals surface area contributed by atoms with Crippen LogP contribution >= 0.6 is 22.7 Å². The number of nitrogens with one attached hydrogen (secondary N) is 3. The summed E-state index contributed by atoms with van der Waals surface area (Å²) in [6, 6.07) is 0. The van der Waals surface area contributed by atoms with Gasteiger partial charge in [-0.2, -0.15) is 0 Å². The fraction of sp³-hybridized carbons (Fsp3) is 0.250. The molecule has 0 saturated carbocycles. The quantitative estimate of drug-likeness (QED) is 0.374. The minimum Gasteiger partial charge on any atom is -0.412 e. The van der Waals surface area contributed by atoms with Crippen LogP contribution in [0.4, 0.5) is 10.3 Å². The molecule has 2 aromatic rings. The molecule has 152 valence electrons. The van der Waals surface area contributed by atoms with Crippen molar-refractivity contribution >= 4 is 64.8 Å². The number of sulfonamides is 2. The van der Waals surface area contributed by atoms with Crippen molar-refractivity contribution in [1.82, 2.24) is 24.5 Å². The van der Waals surface area contributed by atoms with Crippen molar-refractivity contribution in [2.24, 2.45) is 0 Å². The maximum absolute atomic E-state index is 12.1. The number of carbonyl (C=O) groups excluding carboxylic acids is 2. The van der Waals surface area contributed by atoms with Crippen molar-refractivity contribution < 1.29 is 37.4 Å². The summed E-state index contributed by atoms with van der Waals surface area (Å²) in [5, 5.41) is 17.7. The van der Waals surface area contributed by atoms with Crippen LogP contribution < -0.4 is 14.8 Å². The van der Waals surface area contributed by atoms with E-state index < -0.39 is 40.5 Å². The Bertz CT molecular complexity index is 945. The highest BCUT2D eigenvalue weighted by atomic mass is 32.3. The smallest absolute Gasteiger partial charge is 0.283 e. The van der Waals surface area contributed by atoms with Crippen LogP contribution in [0.1, 0.15) is 13.8 Å². The van der Waals surface area contributed by atoms with E-state index in [1.165, 1.54) is 18.0 Å². The second-order valence-corrected chi connectivity index (χ2v) is 10.1. The molecule has 0 aliphatic rings. The van der Waals surface area contributed by atoms with Gasteiger partial charge in [0, 0.05) is 13.8 Å². The Hall–Kier alpha value is -2.16. The third-order valence-electron chi connectivity index (χ3n) is 2.06. The zero-order chi connectivity index (χ0) is 18.8. The van der Waals surface area contributed by atoms with Crippen LogP contribution in [0.25, 0.3) is 0 Å². The van der Waals surface area contributed by atoms with E-state index in [1.807, 2.05) is 0 Å². The predicted octanol–water partition coefficient (Wildman–Crippen LogP) is -2.68. The lowest BCUT2D eigenvalue weighted by Crippen LogP contribution is -2.30. The number of amides is 2. The fourth-order valence-electron chi connectivity index (χ4n) is 1.25. The second-order valence-electron chi connectivity index (χ2n) is 4.20. The largest absolute Gasteiger partial charge is 0.412 e. The van der Waals surface area contributed by atoms with E-state index in [1.54, 1.807) is 0 Å². The molecule has 19 heteroatoms. The van der Waals surface area contributed by atoms with Gasteiger partial charge in [-0.05, 0) is 0 Å². The summed E-state index contributed by atoms with van der Waals surface area (Å²) < 4.78 is 48.5. The van der Waals surface area contributed by atoms with Gasteiger partial charge in [0.15, 0.2) is 0 Å². The first-order valence-corrected chi connectivity index (χ1v) is 10.6. The summed E-state index contributed by atoms with van der Waals surface area (Å²) in [7, 11) is -9.18. The van der Waals surface area contributed by atoms with Gasteiger partial charge in [-0.3, -0.25) is 9.59 Å². The van der Waals surface area contributed by atoms with E-state index in [9.17, 15) is 26.4 Å². The van der Waals surface area contributed by atoms with Crippen molar-refractivity contribution in [2.45, 2.75) is 22.5 Å². The summed E-state index contributed by atoms with van der Waals surface area (Å²) in [6.45, 7) is 2.36. The van der Waals surface area contributed by atoms with Crippen LogP contribution in [0.5, 0.6) is 0 Å². The van der Waals surface area contributed by atoms with E-state index >= 15 is 0 Å². The zero-order valence-corrected chi connectivity index (χ0v) is 16.6. The minimum absolute atomic E-state index is 0. The maximum atomic E-state index is 12.1. The topological polar surface area (TPSA) is 253 Å². The Kier molecular flexibility index (Phi) is 8.43. The summed E-state index contributed by atoms with van der Waals surface area (Å²) >= 11 is 0.918. The first-order chi connectivity index (χ1) is 11.5. The Balaban J connectivity index is 0.00000338. The van der Waals surface area contributed by atoms with Crippen LogP contribution in [-0.2, 0) is 29.6 Å². The first-order valence-electron chi connectivity index (χ1n) is 6.00. The molecule has 2 heterocycles. The summed E-state index contributed by atoms with van der Waals surface area (Å²) in [5.41, 5.74) is 0. The van der Waals surface area contributed by atoms with Gasteiger partial charge >= 0.3 is 0 Å². The third-order valence-corrected chi connectivity index (χ3v) is 7.98. The Morgan fingerprint density at radius 2 is 1.07 bits per heavy atom. The van der Waals surface area contributed by atoms with Gasteiger partial charge < -0.3 is 21.6 Å². The molecule has 0 unspecified atom stereocenters. The van der Waals surface area contributed by atoms with Gasteiger partial charge in [0.25, 0.3) is 20.0 Å². The summed E-state index contributed by atoms with van der Waals surface area (Å²) in [6.07, 6.45) is 0. The van der Waals surface area contributed by atoms with Crippen LogP contribution in [0.15, 0.2) is 8.68 Å². The first kappa shape index (κ1) is 24.8. The SMILES string of the molecule is CC(=O)Nc1nnc(S(=O)(=O)NS(=O)(=O)c2nnc(NC(C)=O)s2)s1.O.O. The van der Waals surface area contributed by atoms with E-state index in [0.717, 1.165) is 0 Å². The Morgan fingerprint density at radius 3 is 1.37 bits per heavy atom.